The molecule has 100 valence electrons. The molecule has 18 heavy (non-hydrogen) atoms. The van der Waals surface area contributed by atoms with E-state index >= 15 is 0 Å². The van der Waals surface area contributed by atoms with Crippen LogP contribution in [0.1, 0.15) is 24.6 Å². The van der Waals surface area contributed by atoms with Gasteiger partial charge in [0.05, 0.1) is 10.5 Å². The molecule has 0 N–H and O–H groups in total. The molecule has 2 aromatic rings. The van der Waals surface area contributed by atoms with E-state index in [1.807, 2.05) is 6.92 Å². The lowest BCUT2D eigenvalue weighted by Gasteiger charge is -1.99. The molecule has 5 heteroatoms. The second-order valence-corrected chi connectivity index (χ2v) is 6.04. The Morgan fingerprint density at radius 3 is 2.44 bits per heavy atom. The van der Waals surface area contributed by atoms with Gasteiger partial charge in [-0.3, -0.25) is 0 Å². The number of fused-ring (bicyclic) bond motifs is 1. The van der Waals surface area contributed by atoms with Crippen molar-refractivity contribution in [3.05, 3.63) is 35.2 Å². The van der Waals surface area contributed by atoms with Gasteiger partial charge in [-0.25, -0.2) is 0 Å². The second kappa shape index (κ2) is 5.93. The third kappa shape index (κ3) is 2.98. The molecule has 0 nitrogen and oxygen atoms in total. The summed E-state index contributed by atoms with van der Waals surface area (Å²) in [5.74, 6) is 0. The van der Waals surface area contributed by atoms with E-state index in [0.717, 1.165) is 18.2 Å². The van der Waals surface area contributed by atoms with Crippen molar-refractivity contribution in [3.8, 4) is 0 Å². The van der Waals surface area contributed by atoms with Crippen LogP contribution in [0.4, 0.5) is 13.2 Å². The first-order chi connectivity index (χ1) is 8.04. The van der Waals surface area contributed by atoms with E-state index in [9.17, 15) is 13.2 Å². The number of hydrogen-bond donors (Lipinski definition) is 0. The normalized spacial score (nSPS) is 12.6. The van der Waals surface area contributed by atoms with Crippen molar-refractivity contribution in [1.82, 2.24) is 0 Å². The molecular formula is C13H15ClF3S+. The van der Waals surface area contributed by atoms with Crippen molar-refractivity contribution in [3.63, 3.8) is 0 Å². The predicted molar refractivity (Wildman–Crippen MR) is 73.6 cm³/mol. The fourth-order valence-corrected chi connectivity index (χ4v) is 3.96. The smallest absolute Gasteiger partial charge is 0.147 e. The van der Waals surface area contributed by atoms with Gasteiger partial charge in [-0.05, 0) is 18.6 Å². The van der Waals surface area contributed by atoms with Crippen LogP contribution in [0.15, 0.2) is 30.3 Å². The van der Waals surface area contributed by atoms with E-state index in [0.29, 0.717) is 16.0 Å². The third-order valence-electron chi connectivity index (χ3n) is 2.73. The number of hydrogen-bond acceptors (Lipinski definition) is 0. The maximum atomic E-state index is 13.1. The number of rotatable bonds is 3. The van der Waals surface area contributed by atoms with Crippen LogP contribution in [0.3, 0.4) is 0 Å². The molecule has 0 aliphatic heterocycles. The minimum Gasteiger partial charge on any atom is -0.147 e. The number of thiophene rings is 1. The fourth-order valence-electron chi connectivity index (χ4n) is 1.96. The molecule has 0 amide bonds. The summed E-state index contributed by atoms with van der Waals surface area (Å²) < 4.78 is 39.7. The molecule has 1 atom stereocenters. The summed E-state index contributed by atoms with van der Waals surface area (Å²) in [5, 5.41) is 0.735. The van der Waals surface area contributed by atoms with Crippen molar-refractivity contribution >= 4 is 33.0 Å². The molecule has 0 radical (unpaired) electrons. The Bertz CT molecular complexity index is 516. The highest BCUT2D eigenvalue weighted by atomic mass is 35.5. The van der Waals surface area contributed by atoms with Crippen LogP contribution in [0.5, 0.6) is 0 Å². The minimum absolute atomic E-state index is 0. The van der Waals surface area contributed by atoms with Gasteiger partial charge in [-0.2, -0.15) is 0 Å². The Morgan fingerprint density at radius 1 is 1.17 bits per heavy atom. The van der Waals surface area contributed by atoms with Gasteiger partial charge in [0.2, 0.25) is 0 Å². The van der Waals surface area contributed by atoms with Crippen LogP contribution < -0.4 is 0 Å². The first-order valence-corrected chi connectivity index (χ1v) is 6.87. The van der Waals surface area contributed by atoms with Gasteiger partial charge in [0.15, 0.2) is 9.58 Å². The molecule has 0 saturated heterocycles. The molecule has 0 fully saturated rings. The van der Waals surface area contributed by atoms with E-state index in [4.69, 9.17) is 0 Å². The Labute approximate surface area is 113 Å². The van der Waals surface area contributed by atoms with Crippen LogP contribution in [-0.2, 0) is 11.9 Å². The summed E-state index contributed by atoms with van der Waals surface area (Å²) in [6.45, 7) is 1.99. The first kappa shape index (κ1) is 15.3. The summed E-state index contributed by atoms with van der Waals surface area (Å²) in [4.78, 5) is 0.542. The molecule has 0 aliphatic rings. The Hall–Kier alpha value is -0.740. The van der Waals surface area contributed by atoms with Crippen molar-refractivity contribution in [2.75, 3.05) is 0 Å². The van der Waals surface area contributed by atoms with Crippen molar-refractivity contribution in [2.45, 2.75) is 31.7 Å². The summed E-state index contributed by atoms with van der Waals surface area (Å²) in [5.41, 5.74) is -4.15. The van der Waals surface area contributed by atoms with Crippen LogP contribution in [0, 0.1) is 0 Å². The lowest BCUT2D eigenvalue weighted by Crippen LogP contribution is -1.98. The highest BCUT2D eigenvalue weighted by molar-refractivity contribution is 7.38. The zero-order valence-electron chi connectivity index (χ0n) is 9.96. The predicted octanol–water partition coefficient (Wildman–Crippen LogP) is 5.83. The standard InChI is InChI=1S/C13H14F3S.ClH/c1-2-3-7-11-9-10-6-4-5-8-12(10)17(11)13(14,15)16;/h4-6,8-9H,2-3,7H2,1H3;1H/q+1;. The van der Waals surface area contributed by atoms with E-state index in [1.165, 1.54) is 0 Å². The second-order valence-electron chi connectivity index (χ2n) is 4.00. The quantitative estimate of drug-likeness (QED) is 0.625. The monoisotopic (exact) mass is 295 g/mol. The van der Waals surface area contributed by atoms with Gasteiger partial charge >= 0.3 is 5.51 Å². The molecule has 0 bridgehead atoms. The van der Waals surface area contributed by atoms with Gasteiger partial charge in [-0.15, -0.1) is 25.6 Å². The molecule has 1 heterocycles. The fraction of sp³-hybridized carbons (Fsp3) is 0.385. The van der Waals surface area contributed by atoms with Gasteiger partial charge in [0.1, 0.15) is 0 Å². The molecular weight excluding hydrogens is 281 g/mol. The average Bonchev–Trinajstić information content (AvgIpc) is 2.63. The Balaban J connectivity index is 0.00000162. The van der Waals surface area contributed by atoms with Crippen LogP contribution in [0.25, 0.3) is 10.1 Å². The zero-order chi connectivity index (χ0) is 12.5. The van der Waals surface area contributed by atoms with Crippen molar-refractivity contribution in [2.24, 2.45) is 0 Å². The lowest BCUT2D eigenvalue weighted by atomic mass is 10.2. The molecule has 1 unspecified atom stereocenters. The maximum absolute atomic E-state index is 13.1. The van der Waals surface area contributed by atoms with E-state index < -0.39 is 16.0 Å². The zero-order valence-corrected chi connectivity index (χ0v) is 11.6. The minimum atomic E-state index is -4.15. The molecule has 0 spiro atoms. The van der Waals surface area contributed by atoms with Crippen LogP contribution in [-0.4, -0.2) is 0 Å². The molecule has 1 aromatic heterocycles. The molecule has 1 aromatic carbocycles. The number of halogens is 4. The van der Waals surface area contributed by atoms with Crippen LogP contribution in [0.2, 0.25) is 0 Å². The maximum Gasteiger partial charge on any atom is 0.600 e. The first-order valence-electron chi connectivity index (χ1n) is 5.64. The molecule has 2 rings (SSSR count). The van der Waals surface area contributed by atoms with E-state index in [2.05, 4.69) is 0 Å². The number of alkyl halides is 3. The van der Waals surface area contributed by atoms with Gasteiger partial charge in [0, 0.05) is 17.9 Å². The summed E-state index contributed by atoms with van der Waals surface area (Å²) >= 11 is 0. The number of unbranched alkanes of at least 4 members (excludes halogenated alkanes) is 1. The number of benzene rings is 1. The summed E-state index contributed by atoms with van der Waals surface area (Å²) in [7, 11) is -1.70. The Kier molecular flexibility index (Phi) is 5.05. The highest BCUT2D eigenvalue weighted by Gasteiger charge is 2.47. The lowest BCUT2D eigenvalue weighted by molar-refractivity contribution is -0.0867. The van der Waals surface area contributed by atoms with Gasteiger partial charge in [-0.1, -0.05) is 25.5 Å². The third-order valence-corrected chi connectivity index (χ3v) is 4.85. The number of aryl methyl sites for hydroxylation is 1. The summed E-state index contributed by atoms with van der Waals surface area (Å²) in [6, 6.07) is 8.56. The molecule has 0 aliphatic carbocycles. The van der Waals surface area contributed by atoms with E-state index in [1.54, 1.807) is 30.3 Å². The summed E-state index contributed by atoms with van der Waals surface area (Å²) in [6.07, 6.45) is 2.29. The SMILES string of the molecule is CCCCc1cc2ccccc2[s+]1C(F)(F)F.Cl. The topological polar surface area (TPSA) is 0 Å². The van der Waals surface area contributed by atoms with Crippen molar-refractivity contribution < 1.29 is 13.2 Å². The van der Waals surface area contributed by atoms with Crippen LogP contribution >= 0.6 is 22.9 Å². The van der Waals surface area contributed by atoms with Gasteiger partial charge < -0.3 is 0 Å². The Morgan fingerprint density at radius 2 is 1.83 bits per heavy atom. The largest absolute Gasteiger partial charge is 0.600 e. The molecule has 0 saturated carbocycles. The van der Waals surface area contributed by atoms with Crippen molar-refractivity contribution in [1.29, 1.82) is 0 Å². The average molecular weight is 296 g/mol. The van der Waals surface area contributed by atoms with Gasteiger partial charge in [0.25, 0.3) is 0 Å². The van der Waals surface area contributed by atoms with E-state index in [-0.39, 0.29) is 12.4 Å². The highest BCUT2D eigenvalue weighted by Crippen LogP contribution is 2.51.